The van der Waals surface area contributed by atoms with Gasteiger partial charge in [-0.15, -0.1) is 0 Å². The van der Waals surface area contributed by atoms with Crippen LogP contribution in [0.25, 0.3) is 0 Å². The molecule has 0 saturated carbocycles. The highest BCUT2D eigenvalue weighted by molar-refractivity contribution is 7.89. The molecular formula is C15H24N4O4S. The van der Waals surface area contributed by atoms with Crippen molar-refractivity contribution in [2.75, 3.05) is 11.9 Å². The lowest BCUT2D eigenvalue weighted by Gasteiger charge is -2.21. The maximum absolute atomic E-state index is 12.3. The van der Waals surface area contributed by atoms with Gasteiger partial charge >= 0.3 is 0 Å². The summed E-state index contributed by atoms with van der Waals surface area (Å²) in [7, 11) is -3.86. The molecule has 0 radical (unpaired) electrons. The van der Waals surface area contributed by atoms with Crippen molar-refractivity contribution in [1.29, 1.82) is 0 Å². The fourth-order valence-electron chi connectivity index (χ4n) is 1.74. The first kappa shape index (κ1) is 20.1. The molecule has 0 aliphatic carbocycles. The minimum absolute atomic E-state index is 0.00425. The van der Waals surface area contributed by atoms with E-state index in [9.17, 15) is 18.0 Å². The summed E-state index contributed by atoms with van der Waals surface area (Å²) in [5.41, 5.74) is 5.66. The van der Waals surface area contributed by atoms with Gasteiger partial charge in [0.25, 0.3) is 0 Å². The van der Waals surface area contributed by atoms with Gasteiger partial charge in [-0.3, -0.25) is 9.59 Å². The van der Waals surface area contributed by atoms with Gasteiger partial charge in [0.2, 0.25) is 21.8 Å². The number of carbonyl (C=O) groups is 2. The normalized spacial score (nSPS) is 13.2. The van der Waals surface area contributed by atoms with Crippen molar-refractivity contribution in [3.8, 4) is 0 Å². The molecule has 0 aromatic heterocycles. The van der Waals surface area contributed by atoms with Crippen LogP contribution >= 0.6 is 0 Å². The molecule has 5 N–H and O–H groups in total. The zero-order valence-electron chi connectivity index (χ0n) is 14.2. The van der Waals surface area contributed by atoms with Gasteiger partial charge in [-0.05, 0) is 45.0 Å². The number of sulfonamides is 1. The lowest BCUT2D eigenvalue weighted by molar-refractivity contribution is -0.122. The Kier molecular flexibility index (Phi) is 6.47. The Balaban J connectivity index is 2.74. The van der Waals surface area contributed by atoms with Crippen molar-refractivity contribution >= 4 is 27.5 Å². The Hall–Kier alpha value is -1.97. The Morgan fingerprint density at radius 3 is 2.21 bits per heavy atom. The van der Waals surface area contributed by atoms with Crippen LogP contribution in [0.1, 0.15) is 27.7 Å². The second-order valence-electron chi connectivity index (χ2n) is 6.25. The largest absolute Gasteiger partial charge is 0.353 e. The van der Waals surface area contributed by atoms with Gasteiger partial charge in [-0.1, -0.05) is 0 Å². The number of hydrogen-bond acceptors (Lipinski definition) is 5. The maximum atomic E-state index is 12.3. The zero-order chi connectivity index (χ0) is 18.5. The Morgan fingerprint density at radius 1 is 1.21 bits per heavy atom. The molecule has 24 heavy (non-hydrogen) atoms. The third-order valence-electron chi connectivity index (χ3n) is 2.93. The summed E-state index contributed by atoms with van der Waals surface area (Å²) >= 11 is 0. The number of hydrogen-bond donors (Lipinski definition) is 4. The van der Waals surface area contributed by atoms with Crippen molar-refractivity contribution < 1.29 is 18.0 Å². The molecule has 0 fully saturated rings. The van der Waals surface area contributed by atoms with Crippen LogP contribution in [0.3, 0.4) is 0 Å². The molecule has 2 amide bonds. The molecule has 0 heterocycles. The first-order valence-corrected chi connectivity index (χ1v) is 8.85. The molecule has 0 aliphatic heterocycles. The first-order valence-electron chi connectivity index (χ1n) is 7.37. The molecule has 0 bridgehead atoms. The standard InChI is InChI=1S/C15H24N4O4S/c1-10(14(21)17-9-15(3,4)16)19-24(22,23)13-7-5-12(6-8-13)18-11(2)20/h5-8,10,19H,9,16H2,1-4H3,(H,17,21)(H,18,20). The highest BCUT2D eigenvalue weighted by Crippen LogP contribution is 2.14. The summed E-state index contributed by atoms with van der Waals surface area (Å²) in [6.07, 6.45) is 0. The second kappa shape index (κ2) is 7.73. The Bertz CT molecular complexity index is 693. The number of rotatable bonds is 7. The molecule has 1 atom stereocenters. The first-order chi connectivity index (χ1) is 10.9. The van der Waals surface area contributed by atoms with Gasteiger partial charge in [0.1, 0.15) is 0 Å². The van der Waals surface area contributed by atoms with E-state index in [4.69, 9.17) is 5.73 Å². The predicted octanol–water partition coefficient (Wildman–Crippen LogP) is 0.165. The van der Waals surface area contributed by atoms with Crippen LogP contribution < -0.4 is 21.1 Å². The summed E-state index contributed by atoms with van der Waals surface area (Å²) < 4.78 is 26.9. The van der Waals surface area contributed by atoms with E-state index in [2.05, 4.69) is 15.4 Å². The zero-order valence-corrected chi connectivity index (χ0v) is 15.0. The molecule has 1 rings (SSSR count). The van der Waals surface area contributed by atoms with Gasteiger partial charge in [0, 0.05) is 24.7 Å². The van der Waals surface area contributed by atoms with E-state index >= 15 is 0 Å². The summed E-state index contributed by atoms with van der Waals surface area (Å²) in [5, 5.41) is 5.13. The third kappa shape index (κ3) is 6.65. The van der Waals surface area contributed by atoms with Crippen LogP contribution in [0.2, 0.25) is 0 Å². The maximum Gasteiger partial charge on any atom is 0.241 e. The van der Waals surface area contributed by atoms with E-state index in [1.165, 1.54) is 38.1 Å². The van der Waals surface area contributed by atoms with Gasteiger partial charge in [0.05, 0.1) is 10.9 Å². The monoisotopic (exact) mass is 356 g/mol. The lowest BCUT2D eigenvalue weighted by atomic mass is 10.1. The SMILES string of the molecule is CC(=O)Nc1ccc(S(=O)(=O)NC(C)C(=O)NCC(C)(C)N)cc1. The van der Waals surface area contributed by atoms with Crippen molar-refractivity contribution in [2.45, 2.75) is 44.2 Å². The quantitative estimate of drug-likeness (QED) is 0.553. The average Bonchev–Trinajstić information content (AvgIpc) is 2.43. The third-order valence-corrected chi connectivity index (χ3v) is 4.49. The molecule has 0 aliphatic rings. The number of carbonyl (C=O) groups excluding carboxylic acids is 2. The van der Waals surface area contributed by atoms with E-state index < -0.39 is 27.5 Å². The highest BCUT2D eigenvalue weighted by Gasteiger charge is 2.23. The van der Waals surface area contributed by atoms with Crippen LogP contribution in [0.5, 0.6) is 0 Å². The number of anilines is 1. The van der Waals surface area contributed by atoms with Crippen molar-refractivity contribution in [2.24, 2.45) is 5.73 Å². The average molecular weight is 356 g/mol. The Labute approximate surface area is 142 Å². The highest BCUT2D eigenvalue weighted by atomic mass is 32.2. The van der Waals surface area contributed by atoms with Crippen LogP contribution in [0.4, 0.5) is 5.69 Å². The molecule has 0 saturated heterocycles. The molecule has 1 aromatic carbocycles. The topological polar surface area (TPSA) is 130 Å². The fourth-order valence-corrected chi connectivity index (χ4v) is 2.95. The smallest absolute Gasteiger partial charge is 0.241 e. The summed E-state index contributed by atoms with van der Waals surface area (Å²) in [6, 6.07) is 4.69. The fraction of sp³-hybridized carbons (Fsp3) is 0.467. The number of benzene rings is 1. The van der Waals surface area contributed by atoms with Gasteiger partial charge < -0.3 is 16.4 Å². The van der Waals surface area contributed by atoms with E-state index in [0.29, 0.717) is 5.69 Å². The van der Waals surface area contributed by atoms with Gasteiger partial charge in [-0.25, -0.2) is 8.42 Å². The van der Waals surface area contributed by atoms with Crippen molar-refractivity contribution in [3.05, 3.63) is 24.3 Å². The number of nitrogens with two attached hydrogens (primary N) is 1. The molecule has 1 aromatic rings. The van der Waals surface area contributed by atoms with Crippen molar-refractivity contribution in [3.63, 3.8) is 0 Å². The molecule has 1 unspecified atom stereocenters. The summed E-state index contributed by atoms with van der Waals surface area (Å²) in [5.74, 6) is -0.719. The minimum Gasteiger partial charge on any atom is -0.353 e. The summed E-state index contributed by atoms with van der Waals surface area (Å²) in [6.45, 7) is 6.53. The van der Waals surface area contributed by atoms with E-state index in [0.717, 1.165) is 0 Å². The minimum atomic E-state index is -3.86. The predicted molar refractivity (Wildman–Crippen MR) is 91.8 cm³/mol. The lowest BCUT2D eigenvalue weighted by Crippen LogP contribution is -2.50. The summed E-state index contributed by atoms with van der Waals surface area (Å²) in [4.78, 5) is 22.9. The van der Waals surface area contributed by atoms with Crippen LogP contribution in [-0.4, -0.2) is 38.4 Å². The van der Waals surface area contributed by atoms with Gasteiger partial charge in [-0.2, -0.15) is 4.72 Å². The molecule has 8 nitrogen and oxygen atoms in total. The molecule has 9 heteroatoms. The van der Waals surface area contributed by atoms with E-state index in [1.807, 2.05) is 0 Å². The number of amides is 2. The van der Waals surface area contributed by atoms with Crippen LogP contribution in [0, 0.1) is 0 Å². The van der Waals surface area contributed by atoms with Gasteiger partial charge in [0.15, 0.2) is 0 Å². The Morgan fingerprint density at radius 2 is 1.75 bits per heavy atom. The molecular weight excluding hydrogens is 332 g/mol. The van der Waals surface area contributed by atoms with E-state index in [1.54, 1.807) is 13.8 Å². The van der Waals surface area contributed by atoms with Crippen LogP contribution in [0.15, 0.2) is 29.2 Å². The number of nitrogens with one attached hydrogen (secondary N) is 3. The second-order valence-corrected chi connectivity index (χ2v) is 7.97. The molecule has 134 valence electrons. The van der Waals surface area contributed by atoms with Crippen LogP contribution in [-0.2, 0) is 19.6 Å². The van der Waals surface area contributed by atoms with Crippen molar-refractivity contribution in [1.82, 2.24) is 10.0 Å². The molecule has 0 spiro atoms. The van der Waals surface area contributed by atoms with E-state index in [-0.39, 0.29) is 17.3 Å².